The fraction of sp³-hybridized carbons (Fsp3) is 0.625. The predicted molar refractivity (Wildman–Crippen MR) is 86.2 cm³/mol. The van der Waals surface area contributed by atoms with E-state index in [1.54, 1.807) is 13.8 Å². The summed E-state index contributed by atoms with van der Waals surface area (Å²) < 4.78 is 13.7. The van der Waals surface area contributed by atoms with Crippen LogP contribution in [0, 0.1) is 5.41 Å². The molecule has 0 saturated heterocycles. The molecule has 25 heavy (non-hydrogen) atoms. The van der Waals surface area contributed by atoms with Crippen LogP contribution >= 0.6 is 0 Å². The molecule has 1 atom stereocenters. The third kappa shape index (κ3) is 9.46. The second-order valence-electron chi connectivity index (χ2n) is 5.83. The minimum atomic E-state index is -1.43. The molecule has 0 aromatic rings. The second kappa shape index (κ2) is 11.2. The Morgan fingerprint density at radius 2 is 1.68 bits per heavy atom. The van der Waals surface area contributed by atoms with Gasteiger partial charge < -0.3 is 24.6 Å². The number of aliphatic hydroxyl groups excluding tert-OH is 1. The molecule has 1 amide bonds. The zero-order chi connectivity index (χ0) is 19.5. The fourth-order valence-corrected chi connectivity index (χ4v) is 1.59. The van der Waals surface area contributed by atoms with Crippen molar-refractivity contribution in [2.45, 2.75) is 32.8 Å². The molecule has 0 aliphatic heterocycles. The first kappa shape index (κ1) is 22.6. The molecule has 0 fully saturated rings. The third-order valence-electron chi connectivity index (χ3n) is 3.22. The van der Waals surface area contributed by atoms with Crippen LogP contribution in [-0.4, -0.2) is 62.4 Å². The molecule has 0 radical (unpaired) electrons. The molecule has 0 aliphatic carbocycles. The molecule has 0 spiro atoms. The minimum Gasteiger partial charge on any atom is -0.469 e. The molecule has 0 aromatic heterocycles. The summed E-state index contributed by atoms with van der Waals surface area (Å²) in [5, 5.41) is 12.6. The van der Waals surface area contributed by atoms with Crippen LogP contribution in [0.25, 0.3) is 0 Å². The number of amides is 1. The number of rotatable bonds is 10. The van der Waals surface area contributed by atoms with Crippen molar-refractivity contribution in [3.8, 4) is 0 Å². The molecule has 0 unspecified atom stereocenters. The molecule has 0 saturated carbocycles. The van der Waals surface area contributed by atoms with E-state index in [4.69, 9.17) is 4.74 Å². The Hall–Kier alpha value is -2.42. The lowest BCUT2D eigenvalue weighted by Crippen LogP contribution is -2.46. The number of hydrogen-bond acceptors (Lipinski definition) is 8. The molecular formula is C16H25NO8. The van der Waals surface area contributed by atoms with Crippen LogP contribution in [0.15, 0.2) is 12.2 Å². The Bertz CT molecular complexity index is 512. The Balaban J connectivity index is 4.33. The lowest BCUT2D eigenvalue weighted by atomic mass is 9.87. The van der Waals surface area contributed by atoms with E-state index >= 15 is 0 Å². The van der Waals surface area contributed by atoms with E-state index in [1.807, 2.05) is 0 Å². The van der Waals surface area contributed by atoms with Crippen molar-refractivity contribution < 1.29 is 38.5 Å². The number of methoxy groups -OCH3 is 2. The minimum absolute atomic E-state index is 0.153. The van der Waals surface area contributed by atoms with Gasteiger partial charge in [-0.3, -0.25) is 9.59 Å². The van der Waals surface area contributed by atoms with Crippen molar-refractivity contribution >= 4 is 23.8 Å². The standard InChI is InChI=1S/C16H25NO8/c1-16(2,10-25-13(20)8-7-12(19)24-4)14(21)15(22)17-9-5-6-11(18)23-3/h7-8,14,21H,5-6,9-10H2,1-4H3,(H,17,22)/b8-7+/t14-/m0/s1. The van der Waals surface area contributed by atoms with Gasteiger partial charge in [0.2, 0.25) is 5.91 Å². The Labute approximate surface area is 146 Å². The van der Waals surface area contributed by atoms with Crippen molar-refractivity contribution in [1.29, 1.82) is 0 Å². The Morgan fingerprint density at radius 1 is 1.08 bits per heavy atom. The molecule has 0 rings (SSSR count). The summed E-state index contributed by atoms with van der Waals surface area (Å²) in [6, 6.07) is 0. The predicted octanol–water partition coefficient (Wildman–Crippen LogP) is -0.285. The summed E-state index contributed by atoms with van der Waals surface area (Å²) in [4.78, 5) is 45.2. The summed E-state index contributed by atoms with van der Waals surface area (Å²) >= 11 is 0. The highest BCUT2D eigenvalue weighted by atomic mass is 16.5. The molecule has 9 heteroatoms. The number of ether oxygens (including phenoxy) is 3. The molecule has 0 aliphatic rings. The monoisotopic (exact) mass is 359 g/mol. The zero-order valence-electron chi connectivity index (χ0n) is 14.9. The van der Waals surface area contributed by atoms with Crippen molar-refractivity contribution in [3.05, 3.63) is 12.2 Å². The first-order valence-electron chi connectivity index (χ1n) is 7.59. The highest BCUT2D eigenvalue weighted by Crippen LogP contribution is 2.21. The quantitative estimate of drug-likeness (QED) is 0.236. The zero-order valence-corrected chi connectivity index (χ0v) is 14.9. The highest BCUT2D eigenvalue weighted by Gasteiger charge is 2.34. The van der Waals surface area contributed by atoms with Crippen molar-refractivity contribution in [2.75, 3.05) is 27.4 Å². The maximum absolute atomic E-state index is 11.9. The number of aliphatic hydroxyl groups is 1. The van der Waals surface area contributed by atoms with Crippen molar-refractivity contribution in [2.24, 2.45) is 5.41 Å². The maximum Gasteiger partial charge on any atom is 0.331 e. The van der Waals surface area contributed by atoms with Crippen LogP contribution in [0.5, 0.6) is 0 Å². The van der Waals surface area contributed by atoms with E-state index in [-0.39, 0.29) is 25.5 Å². The Kier molecular flexibility index (Phi) is 10.1. The molecular weight excluding hydrogens is 334 g/mol. The number of hydrogen-bond donors (Lipinski definition) is 2. The SMILES string of the molecule is COC(=O)/C=C/C(=O)OCC(C)(C)[C@@H](O)C(=O)NCCCC(=O)OC. The molecule has 0 bridgehead atoms. The third-order valence-corrected chi connectivity index (χ3v) is 3.22. The van der Waals surface area contributed by atoms with E-state index in [0.717, 1.165) is 12.2 Å². The lowest BCUT2D eigenvalue weighted by Gasteiger charge is -2.28. The fourth-order valence-electron chi connectivity index (χ4n) is 1.59. The van der Waals surface area contributed by atoms with E-state index in [1.165, 1.54) is 14.2 Å². The van der Waals surface area contributed by atoms with E-state index < -0.39 is 29.4 Å². The summed E-state index contributed by atoms with van der Waals surface area (Å²) in [6.07, 6.45) is 0.892. The van der Waals surface area contributed by atoms with Crippen LogP contribution in [0.1, 0.15) is 26.7 Å². The summed E-state index contributed by atoms with van der Waals surface area (Å²) in [7, 11) is 2.44. The molecule has 0 aromatic carbocycles. The van der Waals surface area contributed by atoms with Crippen LogP contribution in [0.4, 0.5) is 0 Å². The van der Waals surface area contributed by atoms with Gasteiger partial charge in [-0.05, 0) is 6.42 Å². The molecule has 2 N–H and O–H groups in total. The lowest BCUT2D eigenvalue weighted by molar-refractivity contribution is -0.149. The first-order valence-corrected chi connectivity index (χ1v) is 7.59. The summed E-state index contributed by atoms with van der Waals surface area (Å²) in [6.45, 7) is 3.04. The van der Waals surface area contributed by atoms with Crippen LogP contribution in [0.2, 0.25) is 0 Å². The summed E-state index contributed by atoms with van der Waals surface area (Å²) in [5.41, 5.74) is -1.05. The van der Waals surface area contributed by atoms with Gasteiger partial charge in [0.15, 0.2) is 0 Å². The van der Waals surface area contributed by atoms with Crippen LogP contribution in [0.3, 0.4) is 0 Å². The van der Waals surface area contributed by atoms with Gasteiger partial charge in [0.05, 0.1) is 20.8 Å². The van der Waals surface area contributed by atoms with Gasteiger partial charge in [0.25, 0.3) is 0 Å². The largest absolute Gasteiger partial charge is 0.469 e. The van der Waals surface area contributed by atoms with E-state index in [2.05, 4.69) is 14.8 Å². The van der Waals surface area contributed by atoms with Crippen LogP contribution in [-0.2, 0) is 33.4 Å². The van der Waals surface area contributed by atoms with E-state index in [0.29, 0.717) is 6.42 Å². The molecule has 142 valence electrons. The normalized spacial score (nSPS) is 12.4. The smallest absolute Gasteiger partial charge is 0.331 e. The number of carbonyl (C=O) groups is 4. The number of carbonyl (C=O) groups excluding carboxylic acids is 4. The molecule has 0 heterocycles. The van der Waals surface area contributed by atoms with Gasteiger partial charge in [-0.1, -0.05) is 13.8 Å². The average molecular weight is 359 g/mol. The average Bonchev–Trinajstić information content (AvgIpc) is 2.60. The first-order chi connectivity index (χ1) is 11.6. The van der Waals surface area contributed by atoms with Gasteiger partial charge in [-0.25, -0.2) is 9.59 Å². The number of esters is 3. The maximum atomic E-state index is 11.9. The van der Waals surface area contributed by atoms with E-state index in [9.17, 15) is 24.3 Å². The summed E-state index contributed by atoms with van der Waals surface area (Å²) in [5.74, 6) is -2.54. The van der Waals surface area contributed by atoms with Gasteiger partial charge in [0, 0.05) is 30.5 Å². The second-order valence-corrected chi connectivity index (χ2v) is 5.83. The topological polar surface area (TPSA) is 128 Å². The highest BCUT2D eigenvalue weighted by molar-refractivity contribution is 5.91. The van der Waals surface area contributed by atoms with Crippen molar-refractivity contribution in [1.82, 2.24) is 5.32 Å². The van der Waals surface area contributed by atoms with Crippen molar-refractivity contribution in [3.63, 3.8) is 0 Å². The Morgan fingerprint density at radius 3 is 2.24 bits per heavy atom. The number of nitrogens with one attached hydrogen (secondary N) is 1. The molecule has 9 nitrogen and oxygen atoms in total. The van der Waals surface area contributed by atoms with Gasteiger partial charge in [0.1, 0.15) is 6.10 Å². The van der Waals surface area contributed by atoms with Gasteiger partial charge in [-0.15, -0.1) is 0 Å². The van der Waals surface area contributed by atoms with Crippen LogP contribution < -0.4 is 5.32 Å². The van der Waals surface area contributed by atoms with Gasteiger partial charge >= 0.3 is 17.9 Å². The van der Waals surface area contributed by atoms with Gasteiger partial charge in [-0.2, -0.15) is 0 Å².